The monoisotopic (exact) mass is 239 g/mol. The summed E-state index contributed by atoms with van der Waals surface area (Å²) >= 11 is 0. The molecule has 0 aromatic heterocycles. The van der Waals surface area contributed by atoms with E-state index >= 15 is 0 Å². The molecule has 0 unspecified atom stereocenters. The van der Waals surface area contributed by atoms with Crippen molar-refractivity contribution in [1.29, 1.82) is 0 Å². The molecule has 0 bridgehead atoms. The first kappa shape index (κ1) is 14.1. The Morgan fingerprint density at radius 3 is 2.06 bits per heavy atom. The maximum atomic E-state index is 9.33. The Kier molecular flexibility index (Phi) is 6.15. The van der Waals surface area contributed by atoms with Gasteiger partial charge in [0.1, 0.15) is 0 Å². The fourth-order valence-corrected chi connectivity index (χ4v) is 1.51. The van der Waals surface area contributed by atoms with Crippen LogP contribution < -0.4 is 0 Å². The van der Waals surface area contributed by atoms with E-state index in [0.29, 0.717) is 19.7 Å². The largest absolute Gasteiger partial charge is 0.392 e. The standard InChI is InChI=1S/C13H21NO3/c1-11(15)8-14(9-12(2)16)17-10-13-6-4-3-5-7-13/h3-7,11-12,15-16H,8-10H2,1-2H3/t11-,12-/m1/s1. The topological polar surface area (TPSA) is 52.9 Å². The van der Waals surface area contributed by atoms with E-state index in [1.54, 1.807) is 18.9 Å². The Balaban J connectivity index is 2.43. The van der Waals surface area contributed by atoms with Gasteiger partial charge >= 0.3 is 0 Å². The Bertz CT molecular complexity index is 291. The number of hydrogen-bond acceptors (Lipinski definition) is 4. The van der Waals surface area contributed by atoms with E-state index in [-0.39, 0.29) is 0 Å². The van der Waals surface area contributed by atoms with Crippen molar-refractivity contribution in [1.82, 2.24) is 5.06 Å². The van der Waals surface area contributed by atoms with Gasteiger partial charge in [-0.2, -0.15) is 5.06 Å². The van der Waals surface area contributed by atoms with Crippen molar-refractivity contribution >= 4 is 0 Å². The van der Waals surface area contributed by atoms with Gasteiger partial charge in [0.05, 0.1) is 18.8 Å². The fraction of sp³-hybridized carbons (Fsp3) is 0.538. The van der Waals surface area contributed by atoms with Crippen LogP contribution in [0.5, 0.6) is 0 Å². The summed E-state index contributed by atoms with van der Waals surface area (Å²) in [6.07, 6.45) is -0.964. The van der Waals surface area contributed by atoms with Crippen molar-refractivity contribution in [3.8, 4) is 0 Å². The van der Waals surface area contributed by atoms with E-state index in [1.165, 1.54) is 0 Å². The summed E-state index contributed by atoms with van der Waals surface area (Å²) < 4.78 is 0. The number of benzene rings is 1. The summed E-state index contributed by atoms with van der Waals surface area (Å²) in [5.41, 5.74) is 1.06. The van der Waals surface area contributed by atoms with Gasteiger partial charge in [-0.15, -0.1) is 0 Å². The molecule has 1 rings (SSSR count). The highest BCUT2D eigenvalue weighted by Crippen LogP contribution is 2.04. The second kappa shape index (κ2) is 7.40. The van der Waals surface area contributed by atoms with Gasteiger partial charge in [-0.25, -0.2) is 0 Å². The molecule has 1 aromatic rings. The number of hydroxylamine groups is 2. The normalized spacial score (nSPS) is 14.9. The number of aliphatic hydroxyl groups excluding tert-OH is 2. The summed E-state index contributed by atoms with van der Waals surface area (Å²) in [4.78, 5) is 5.56. The lowest BCUT2D eigenvalue weighted by Crippen LogP contribution is -2.36. The van der Waals surface area contributed by atoms with Gasteiger partial charge in [0.25, 0.3) is 0 Å². The van der Waals surface area contributed by atoms with E-state index < -0.39 is 12.2 Å². The molecule has 96 valence electrons. The van der Waals surface area contributed by atoms with Gasteiger partial charge in [-0.1, -0.05) is 30.3 Å². The molecular formula is C13H21NO3. The second-order valence-corrected chi connectivity index (χ2v) is 4.30. The van der Waals surface area contributed by atoms with Crippen LogP contribution in [0.2, 0.25) is 0 Å². The molecule has 17 heavy (non-hydrogen) atoms. The average Bonchev–Trinajstić information content (AvgIpc) is 2.26. The van der Waals surface area contributed by atoms with Gasteiger partial charge in [-0.3, -0.25) is 4.84 Å². The predicted octanol–water partition coefficient (Wildman–Crippen LogP) is 1.18. The molecule has 0 amide bonds. The van der Waals surface area contributed by atoms with Crippen molar-refractivity contribution in [3.63, 3.8) is 0 Å². The molecule has 0 heterocycles. The van der Waals surface area contributed by atoms with Gasteiger partial charge in [0.2, 0.25) is 0 Å². The molecule has 0 aliphatic rings. The van der Waals surface area contributed by atoms with Crippen LogP contribution in [0.25, 0.3) is 0 Å². The average molecular weight is 239 g/mol. The van der Waals surface area contributed by atoms with E-state index in [4.69, 9.17) is 4.84 Å². The lowest BCUT2D eigenvalue weighted by molar-refractivity contribution is -0.192. The van der Waals surface area contributed by atoms with Crippen molar-refractivity contribution < 1.29 is 15.1 Å². The number of nitrogens with zero attached hydrogens (tertiary/aromatic N) is 1. The van der Waals surface area contributed by atoms with Crippen molar-refractivity contribution in [2.45, 2.75) is 32.7 Å². The summed E-state index contributed by atoms with van der Waals surface area (Å²) in [5, 5.41) is 20.3. The zero-order valence-electron chi connectivity index (χ0n) is 10.4. The van der Waals surface area contributed by atoms with Gasteiger partial charge in [0, 0.05) is 13.1 Å². The summed E-state index contributed by atoms with van der Waals surface area (Å²) in [5.74, 6) is 0. The third kappa shape index (κ3) is 6.38. The minimum Gasteiger partial charge on any atom is -0.392 e. The molecule has 0 aliphatic heterocycles. The van der Waals surface area contributed by atoms with Crippen molar-refractivity contribution in [3.05, 3.63) is 35.9 Å². The molecule has 4 heteroatoms. The molecule has 0 saturated heterocycles. The fourth-order valence-electron chi connectivity index (χ4n) is 1.51. The summed E-state index contributed by atoms with van der Waals surface area (Å²) in [6.45, 7) is 4.61. The van der Waals surface area contributed by atoms with Crippen molar-refractivity contribution in [2.75, 3.05) is 13.1 Å². The Morgan fingerprint density at radius 1 is 1.06 bits per heavy atom. The first-order valence-electron chi connectivity index (χ1n) is 5.86. The maximum absolute atomic E-state index is 9.33. The molecule has 1 aromatic carbocycles. The molecule has 0 spiro atoms. The highest BCUT2D eigenvalue weighted by atomic mass is 16.7. The highest BCUT2D eigenvalue weighted by molar-refractivity contribution is 5.13. The number of hydrogen-bond donors (Lipinski definition) is 2. The lowest BCUT2D eigenvalue weighted by atomic mass is 10.2. The van der Waals surface area contributed by atoms with Gasteiger partial charge < -0.3 is 10.2 Å². The highest BCUT2D eigenvalue weighted by Gasteiger charge is 2.11. The third-order valence-corrected chi connectivity index (χ3v) is 2.19. The quantitative estimate of drug-likeness (QED) is 0.702. The van der Waals surface area contributed by atoms with Crippen LogP contribution in [-0.4, -0.2) is 40.6 Å². The second-order valence-electron chi connectivity index (χ2n) is 4.30. The van der Waals surface area contributed by atoms with Crippen LogP contribution in [0.1, 0.15) is 19.4 Å². The SMILES string of the molecule is C[C@@H](O)CN(C[C@@H](C)O)OCc1ccccc1. The minimum atomic E-state index is -0.482. The smallest absolute Gasteiger partial charge is 0.0935 e. The van der Waals surface area contributed by atoms with E-state index in [0.717, 1.165) is 5.56 Å². The zero-order chi connectivity index (χ0) is 12.7. The Hall–Kier alpha value is -0.940. The van der Waals surface area contributed by atoms with Crippen LogP contribution >= 0.6 is 0 Å². The van der Waals surface area contributed by atoms with Crippen LogP contribution in [0.15, 0.2) is 30.3 Å². The molecule has 2 atom stereocenters. The molecule has 2 N–H and O–H groups in total. The van der Waals surface area contributed by atoms with Crippen LogP contribution in [-0.2, 0) is 11.4 Å². The molecule has 0 aliphatic carbocycles. The molecular weight excluding hydrogens is 218 g/mol. The minimum absolute atomic E-state index is 0.387. The first-order valence-corrected chi connectivity index (χ1v) is 5.86. The van der Waals surface area contributed by atoms with E-state index in [9.17, 15) is 10.2 Å². The van der Waals surface area contributed by atoms with Gasteiger partial charge in [-0.05, 0) is 19.4 Å². The van der Waals surface area contributed by atoms with Crippen molar-refractivity contribution in [2.24, 2.45) is 0 Å². The number of aliphatic hydroxyl groups is 2. The first-order chi connectivity index (χ1) is 8.08. The Morgan fingerprint density at radius 2 is 1.59 bits per heavy atom. The zero-order valence-corrected chi connectivity index (χ0v) is 10.4. The third-order valence-electron chi connectivity index (χ3n) is 2.19. The van der Waals surface area contributed by atoms with E-state index in [1.807, 2.05) is 30.3 Å². The van der Waals surface area contributed by atoms with Gasteiger partial charge in [0.15, 0.2) is 0 Å². The summed E-state index contributed by atoms with van der Waals surface area (Å²) in [7, 11) is 0. The Labute approximate surface area is 102 Å². The van der Waals surface area contributed by atoms with Crippen LogP contribution in [0.3, 0.4) is 0 Å². The summed E-state index contributed by atoms with van der Waals surface area (Å²) in [6, 6.07) is 9.80. The maximum Gasteiger partial charge on any atom is 0.0935 e. The molecule has 0 radical (unpaired) electrons. The van der Waals surface area contributed by atoms with E-state index in [2.05, 4.69) is 0 Å². The molecule has 4 nitrogen and oxygen atoms in total. The number of rotatable bonds is 7. The lowest BCUT2D eigenvalue weighted by Gasteiger charge is -2.24. The molecule has 0 fully saturated rings. The predicted molar refractivity (Wildman–Crippen MR) is 66.2 cm³/mol. The van der Waals surface area contributed by atoms with Crippen LogP contribution in [0, 0.1) is 0 Å². The van der Waals surface area contributed by atoms with Crippen LogP contribution in [0.4, 0.5) is 0 Å². The molecule has 0 saturated carbocycles.